The fourth-order valence-corrected chi connectivity index (χ4v) is 3.38. The minimum absolute atomic E-state index is 0.399. The Hall–Kier alpha value is -1.65. The summed E-state index contributed by atoms with van der Waals surface area (Å²) in [6.07, 6.45) is 7.45. The van der Waals surface area contributed by atoms with Crippen molar-refractivity contribution in [2.45, 2.75) is 38.8 Å². The molecular weight excluding hydrogens is 288 g/mol. The molecule has 0 saturated carbocycles. The topological polar surface area (TPSA) is 38.3 Å². The zero-order valence-corrected chi connectivity index (χ0v) is 14.1. The normalized spacial score (nSPS) is 19.3. The standard InChI is InChI=1S/C19H27N2O2/c1-15-20(2)18-10-6-7-11-19(18)21(15)12-17(22)14-23-13-16-8-4-3-5-9-16/h3-4,6-7,10-11,16-17,22H,5,8-9,12-14H2,1-2H3/q+1/t16-,17+/m1/s1. The van der Waals surface area contributed by atoms with Crippen molar-refractivity contribution in [2.24, 2.45) is 13.0 Å². The highest BCUT2D eigenvalue weighted by molar-refractivity contribution is 5.72. The predicted octanol–water partition coefficient (Wildman–Crippen LogP) is 2.51. The minimum Gasteiger partial charge on any atom is -0.387 e. The second-order valence-corrected chi connectivity index (χ2v) is 6.55. The van der Waals surface area contributed by atoms with Gasteiger partial charge in [0, 0.05) is 13.5 Å². The van der Waals surface area contributed by atoms with Crippen molar-refractivity contribution in [1.29, 1.82) is 0 Å². The van der Waals surface area contributed by atoms with Crippen LogP contribution in [0.25, 0.3) is 11.0 Å². The second-order valence-electron chi connectivity index (χ2n) is 6.55. The van der Waals surface area contributed by atoms with Gasteiger partial charge < -0.3 is 9.84 Å². The Balaban J connectivity index is 1.58. The van der Waals surface area contributed by atoms with Crippen molar-refractivity contribution in [3.8, 4) is 0 Å². The number of rotatable bonds is 6. The summed E-state index contributed by atoms with van der Waals surface area (Å²) < 4.78 is 10.1. The van der Waals surface area contributed by atoms with Crippen LogP contribution in [0.4, 0.5) is 0 Å². The summed E-state index contributed by atoms with van der Waals surface area (Å²) in [5.41, 5.74) is 2.34. The number of allylic oxidation sites excluding steroid dienone is 2. The van der Waals surface area contributed by atoms with E-state index in [-0.39, 0.29) is 0 Å². The van der Waals surface area contributed by atoms with E-state index >= 15 is 0 Å². The van der Waals surface area contributed by atoms with E-state index in [2.05, 4.69) is 47.4 Å². The first-order valence-electron chi connectivity index (χ1n) is 8.51. The molecule has 1 aliphatic rings. The molecule has 124 valence electrons. The maximum Gasteiger partial charge on any atom is 0.254 e. The molecule has 0 unspecified atom stereocenters. The third-order valence-corrected chi connectivity index (χ3v) is 4.84. The molecular formula is C19H27N2O2+. The Morgan fingerprint density at radius 1 is 1.35 bits per heavy atom. The van der Waals surface area contributed by atoms with Crippen molar-refractivity contribution < 1.29 is 14.4 Å². The monoisotopic (exact) mass is 315 g/mol. The number of aryl methyl sites for hydroxylation is 1. The molecule has 1 heterocycles. The molecule has 3 rings (SSSR count). The lowest BCUT2D eigenvalue weighted by Gasteiger charge is -2.18. The number of para-hydroxylation sites is 2. The van der Waals surface area contributed by atoms with Crippen LogP contribution in [0, 0.1) is 12.8 Å². The van der Waals surface area contributed by atoms with Crippen LogP contribution in [-0.4, -0.2) is 29.0 Å². The molecule has 0 fully saturated rings. The summed E-state index contributed by atoms with van der Waals surface area (Å²) in [7, 11) is 2.06. The van der Waals surface area contributed by atoms with E-state index < -0.39 is 6.10 Å². The van der Waals surface area contributed by atoms with Gasteiger partial charge in [-0.1, -0.05) is 24.3 Å². The molecule has 2 aromatic rings. The van der Waals surface area contributed by atoms with E-state index in [1.54, 1.807) is 0 Å². The van der Waals surface area contributed by atoms with Gasteiger partial charge in [-0.15, -0.1) is 0 Å². The molecule has 0 spiro atoms. The summed E-state index contributed by atoms with van der Waals surface area (Å²) >= 11 is 0. The van der Waals surface area contributed by atoms with Crippen LogP contribution in [0.2, 0.25) is 0 Å². The average Bonchev–Trinajstić information content (AvgIpc) is 2.81. The van der Waals surface area contributed by atoms with Crippen molar-refractivity contribution >= 4 is 11.0 Å². The summed E-state index contributed by atoms with van der Waals surface area (Å²) in [5, 5.41) is 10.4. The number of ether oxygens (including phenoxy) is 1. The van der Waals surface area contributed by atoms with Gasteiger partial charge in [0.15, 0.2) is 11.0 Å². The summed E-state index contributed by atoms with van der Waals surface area (Å²) in [4.78, 5) is 0. The van der Waals surface area contributed by atoms with Crippen LogP contribution < -0.4 is 4.57 Å². The first-order valence-corrected chi connectivity index (χ1v) is 8.51. The fraction of sp³-hybridized carbons (Fsp3) is 0.526. The van der Waals surface area contributed by atoms with Gasteiger partial charge in [0.05, 0.1) is 13.7 Å². The number of aliphatic hydroxyl groups is 1. The molecule has 0 saturated heterocycles. The molecule has 2 atom stereocenters. The largest absolute Gasteiger partial charge is 0.387 e. The summed E-state index contributed by atoms with van der Waals surface area (Å²) in [5.74, 6) is 1.75. The number of hydrogen-bond acceptors (Lipinski definition) is 2. The first-order chi connectivity index (χ1) is 11.2. The molecule has 4 nitrogen and oxygen atoms in total. The van der Waals surface area contributed by atoms with E-state index in [1.165, 1.54) is 11.9 Å². The van der Waals surface area contributed by atoms with E-state index in [9.17, 15) is 5.11 Å². The van der Waals surface area contributed by atoms with Crippen LogP contribution in [0.5, 0.6) is 0 Å². The van der Waals surface area contributed by atoms with Crippen LogP contribution in [0.1, 0.15) is 25.1 Å². The number of aliphatic hydroxyl groups excluding tert-OH is 1. The zero-order valence-electron chi connectivity index (χ0n) is 14.1. The highest BCUT2D eigenvalue weighted by Gasteiger charge is 2.21. The van der Waals surface area contributed by atoms with Gasteiger partial charge in [0.25, 0.3) is 5.82 Å². The Morgan fingerprint density at radius 2 is 2.17 bits per heavy atom. The third-order valence-electron chi connectivity index (χ3n) is 4.84. The van der Waals surface area contributed by atoms with Gasteiger partial charge in [-0.05, 0) is 37.3 Å². The summed E-state index contributed by atoms with van der Waals surface area (Å²) in [6, 6.07) is 8.30. The Morgan fingerprint density at radius 3 is 2.96 bits per heavy atom. The molecule has 1 aromatic heterocycles. The molecule has 23 heavy (non-hydrogen) atoms. The lowest BCUT2D eigenvalue weighted by Crippen LogP contribution is -2.32. The number of imidazole rings is 1. The van der Waals surface area contributed by atoms with Gasteiger partial charge in [0.2, 0.25) is 0 Å². The second kappa shape index (κ2) is 7.28. The minimum atomic E-state index is -0.483. The molecule has 0 radical (unpaired) electrons. The smallest absolute Gasteiger partial charge is 0.254 e. The molecule has 1 aliphatic carbocycles. The Kier molecular flexibility index (Phi) is 5.13. The van der Waals surface area contributed by atoms with E-state index in [0.717, 1.165) is 30.8 Å². The van der Waals surface area contributed by atoms with Gasteiger partial charge >= 0.3 is 0 Å². The molecule has 0 bridgehead atoms. The predicted molar refractivity (Wildman–Crippen MR) is 91.2 cm³/mol. The molecule has 0 amide bonds. The molecule has 0 aliphatic heterocycles. The van der Waals surface area contributed by atoms with Crippen molar-refractivity contribution in [3.63, 3.8) is 0 Å². The average molecular weight is 315 g/mol. The van der Waals surface area contributed by atoms with Crippen molar-refractivity contribution in [1.82, 2.24) is 4.57 Å². The number of hydrogen-bond donors (Lipinski definition) is 1. The van der Waals surface area contributed by atoms with Crippen LogP contribution in [0.3, 0.4) is 0 Å². The Labute approximate surface area is 138 Å². The number of benzene rings is 1. The number of aromatic nitrogens is 2. The van der Waals surface area contributed by atoms with Gasteiger partial charge in [-0.25, -0.2) is 9.13 Å². The van der Waals surface area contributed by atoms with E-state index in [4.69, 9.17) is 4.74 Å². The first kappa shape index (κ1) is 16.2. The highest BCUT2D eigenvalue weighted by Crippen LogP contribution is 2.18. The number of nitrogens with zero attached hydrogens (tertiary/aromatic N) is 2. The van der Waals surface area contributed by atoms with Gasteiger partial charge in [-0.2, -0.15) is 0 Å². The van der Waals surface area contributed by atoms with E-state index in [1.807, 2.05) is 12.1 Å². The highest BCUT2D eigenvalue weighted by atomic mass is 16.5. The van der Waals surface area contributed by atoms with Crippen LogP contribution in [0.15, 0.2) is 36.4 Å². The van der Waals surface area contributed by atoms with Crippen LogP contribution >= 0.6 is 0 Å². The quantitative estimate of drug-likeness (QED) is 0.657. The third kappa shape index (κ3) is 3.65. The summed E-state index contributed by atoms with van der Waals surface area (Å²) in [6.45, 7) is 3.80. The molecule has 1 aromatic carbocycles. The van der Waals surface area contributed by atoms with Gasteiger partial charge in [0.1, 0.15) is 12.6 Å². The van der Waals surface area contributed by atoms with Crippen molar-refractivity contribution in [2.75, 3.05) is 13.2 Å². The molecule has 1 N–H and O–H groups in total. The lowest BCUT2D eigenvalue weighted by atomic mass is 9.95. The Bertz CT molecular complexity index is 690. The zero-order chi connectivity index (χ0) is 16.2. The maximum absolute atomic E-state index is 10.4. The SMILES string of the molecule is Cc1n(C[C@H](O)COC[C@@H]2CC=CCC2)c2ccccc2[n+]1C. The van der Waals surface area contributed by atoms with E-state index in [0.29, 0.717) is 19.1 Å². The molecule has 4 heteroatoms. The number of fused-ring (bicyclic) bond motifs is 1. The van der Waals surface area contributed by atoms with Crippen LogP contribution in [-0.2, 0) is 18.3 Å². The lowest BCUT2D eigenvalue weighted by molar-refractivity contribution is -0.652. The van der Waals surface area contributed by atoms with Gasteiger partial charge in [-0.3, -0.25) is 0 Å². The fourth-order valence-electron chi connectivity index (χ4n) is 3.38. The van der Waals surface area contributed by atoms with Crippen molar-refractivity contribution in [3.05, 3.63) is 42.2 Å². The maximum atomic E-state index is 10.4.